The van der Waals surface area contributed by atoms with Crippen LogP contribution in [0.1, 0.15) is 20.7 Å². The lowest BCUT2D eigenvalue weighted by atomic mass is 10.1. The van der Waals surface area contributed by atoms with Gasteiger partial charge in [0.1, 0.15) is 17.1 Å². The summed E-state index contributed by atoms with van der Waals surface area (Å²) in [6.07, 6.45) is 0. The van der Waals surface area contributed by atoms with Crippen molar-refractivity contribution in [3.8, 4) is 11.5 Å². The second kappa shape index (κ2) is 8.22. The highest BCUT2D eigenvalue weighted by Gasteiger charge is 2.18. The summed E-state index contributed by atoms with van der Waals surface area (Å²) in [6, 6.07) is 16.5. The Labute approximate surface area is 160 Å². The minimum Gasteiger partial charge on any atom is -0.507 e. The van der Waals surface area contributed by atoms with E-state index in [0.29, 0.717) is 5.75 Å². The van der Waals surface area contributed by atoms with Crippen molar-refractivity contribution in [1.29, 1.82) is 0 Å². The van der Waals surface area contributed by atoms with Gasteiger partial charge in [0.2, 0.25) is 0 Å². The predicted molar refractivity (Wildman–Crippen MR) is 101 cm³/mol. The number of imide groups is 1. The number of phenolic OH excluding ortho intramolecular Hbond substituents is 1. The van der Waals surface area contributed by atoms with Crippen molar-refractivity contribution in [1.82, 2.24) is 5.32 Å². The lowest BCUT2D eigenvalue weighted by Crippen LogP contribution is -2.34. The maximum Gasteiger partial charge on any atom is 0.342 e. The number of esters is 1. The van der Waals surface area contributed by atoms with Gasteiger partial charge in [-0.05, 0) is 35.0 Å². The molecule has 2 amide bonds. The van der Waals surface area contributed by atoms with E-state index in [1.165, 1.54) is 25.3 Å². The van der Waals surface area contributed by atoms with Crippen LogP contribution < -0.4 is 10.1 Å². The molecule has 0 aliphatic carbocycles. The molecular formula is C21H17NO6. The summed E-state index contributed by atoms with van der Waals surface area (Å²) < 4.78 is 9.99. The number of aromatic hydroxyl groups is 1. The number of ether oxygens (including phenoxy) is 2. The second-order valence-corrected chi connectivity index (χ2v) is 5.87. The molecule has 0 bridgehead atoms. The zero-order valence-electron chi connectivity index (χ0n) is 15.0. The molecule has 0 spiro atoms. The molecule has 0 unspecified atom stereocenters. The van der Waals surface area contributed by atoms with Crippen molar-refractivity contribution in [2.45, 2.75) is 0 Å². The molecule has 3 aromatic carbocycles. The summed E-state index contributed by atoms with van der Waals surface area (Å²) in [4.78, 5) is 36.3. The maximum atomic E-state index is 12.2. The highest BCUT2D eigenvalue weighted by atomic mass is 16.5. The van der Waals surface area contributed by atoms with E-state index in [0.717, 1.165) is 10.8 Å². The maximum absolute atomic E-state index is 12.2. The van der Waals surface area contributed by atoms with Crippen molar-refractivity contribution in [3.63, 3.8) is 0 Å². The molecule has 3 aromatic rings. The van der Waals surface area contributed by atoms with E-state index in [4.69, 9.17) is 9.47 Å². The fourth-order valence-electron chi connectivity index (χ4n) is 2.66. The van der Waals surface area contributed by atoms with Crippen LogP contribution in [0.3, 0.4) is 0 Å². The molecule has 28 heavy (non-hydrogen) atoms. The van der Waals surface area contributed by atoms with E-state index in [1.807, 2.05) is 6.07 Å². The Morgan fingerprint density at radius 3 is 2.29 bits per heavy atom. The van der Waals surface area contributed by atoms with Gasteiger partial charge in [0, 0.05) is 0 Å². The molecule has 7 nitrogen and oxygen atoms in total. The zero-order chi connectivity index (χ0) is 20.1. The second-order valence-electron chi connectivity index (χ2n) is 5.87. The Morgan fingerprint density at radius 1 is 0.929 bits per heavy atom. The number of hydrogen-bond donors (Lipinski definition) is 2. The summed E-state index contributed by atoms with van der Waals surface area (Å²) in [5.74, 6) is -2.29. The van der Waals surface area contributed by atoms with Gasteiger partial charge in [-0.2, -0.15) is 0 Å². The van der Waals surface area contributed by atoms with Crippen LogP contribution in [0.15, 0.2) is 60.7 Å². The lowest BCUT2D eigenvalue weighted by Gasteiger charge is -2.09. The van der Waals surface area contributed by atoms with Crippen LogP contribution in [0.5, 0.6) is 11.5 Å². The van der Waals surface area contributed by atoms with Gasteiger partial charge in [0.05, 0.1) is 12.7 Å². The molecule has 0 saturated heterocycles. The van der Waals surface area contributed by atoms with Crippen molar-refractivity contribution >= 4 is 28.6 Å². The van der Waals surface area contributed by atoms with Crippen LogP contribution in [0, 0.1) is 0 Å². The smallest absolute Gasteiger partial charge is 0.342 e. The summed E-state index contributed by atoms with van der Waals surface area (Å²) >= 11 is 0. The van der Waals surface area contributed by atoms with E-state index in [1.54, 1.807) is 36.4 Å². The van der Waals surface area contributed by atoms with Gasteiger partial charge in [-0.15, -0.1) is 0 Å². The third-order valence-electron chi connectivity index (χ3n) is 4.02. The lowest BCUT2D eigenvalue weighted by molar-refractivity contribution is -0.123. The molecule has 142 valence electrons. The first-order valence-corrected chi connectivity index (χ1v) is 8.35. The quantitative estimate of drug-likeness (QED) is 0.661. The number of nitrogens with one attached hydrogen (secondary N) is 1. The van der Waals surface area contributed by atoms with Gasteiger partial charge in [-0.25, -0.2) is 4.79 Å². The molecule has 0 aromatic heterocycles. The van der Waals surface area contributed by atoms with E-state index in [-0.39, 0.29) is 16.9 Å². The number of hydrogen-bond acceptors (Lipinski definition) is 6. The highest BCUT2D eigenvalue weighted by molar-refractivity contribution is 6.07. The van der Waals surface area contributed by atoms with Crippen molar-refractivity contribution in [2.75, 3.05) is 13.7 Å². The normalized spacial score (nSPS) is 10.3. The van der Waals surface area contributed by atoms with E-state index in [9.17, 15) is 19.5 Å². The Hall–Kier alpha value is -3.87. The van der Waals surface area contributed by atoms with Gasteiger partial charge in [-0.3, -0.25) is 14.9 Å². The van der Waals surface area contributed by atoms with Gasteiger partial charge in [0.15, 0.2) is 6.61 Å². The third kappa shape index (κ3) is 4.09. The number of rotatable bonds is 5. The molecule has 0 radical (unpaired) electrons. The fourth-order valence-corrected chi connectivity index (χ4v) is 2.66. The average molecular weight is 379 g/mol. The molecule has 2 N–H and O–H groups in total. The van der Waals surface area contributed by atoms with Crippen LogP contribution in [-0.2, 0) is 9.53 Å². The average Bonchev–Trinajstić information content (AvgIpc) is 2.71. The monoisotopic (exact) mass is 379 g/mol. The fraction of sp³-hybridized carbons (Fsp3) is 0.0952. The number of para-hydroxylation sites is 1. The number of methoxy groups -OCH3 is 1. The zero-order valence-corrected chi connectivity index (χ0v) is 15.0. The molecule has 0 aliphatic heterocycles. The summed E-state index contributed by atoms with van der Waals surface area (Å²) in [5, 5.41) is 13.7. The van der Waals surface area contributed by atoms with Crippen LogP contribution in [0.4, 0.5) is 0 Å². The van der Waals surface area contributed by atoms with Crippen molar-refractivity contribution in [2.24, 2.45) is 0 Å². The Kier molecular flexibility index (Phi) is 5.55. The van der Waals surface area contributed by atoms with Crippen molar-refractivity contribution < 1.29 is 29.0 Å². The van der Waals surface area contributed by atoms with E-state index in [2.05, 4.69) is 5.32 Å². The molecule has 0 saturated carbocycles. The standard InChI is InChI=1S/C21H17NO6/c1-27-18-9-5-4-8-15(18)20(25)22-19(24)12-28-21(26)16-10-13-6-2-3-7-14(13)11-17(16)23/h2-11,23H,12H2,1H3,(H,22,24,25). The Balaban J connectivity index is 1.64. The van der Waals surface area contributed by atoms with Crippen molar-refractivity contribution in [3.05, 3.63) is 71.8 Å². The third-order valence-corrected chi connectivity index (χ3v) is 4.02. The summed E-state index contributed by atoms with van der Waals surface area (Å²) in [6.45, 7) is -0.675. The van der Waals surface area contributed by atoms with Gasteiger partial charge < -0.3 is 14.6 Å². The number of amides is 2. The molecule has 0 heterocycles. The Bertz CT molecular complexity index is 1060. The number of phenols is 1. The van der Waals surface area contributed by atoms with Crippen LogP contribution in [0.2, 0.25) is 0 Å². The first-order valence-electron chi connectivity index (χ1n) is 8.35. The molecule has 3 rings (SSSR count). The van der Waals surface area contributed by atoms with E-state index < -0.39 is 24.4 Å². The number of fused-ring (bicyclic) bond motifs is 1. The molecule has 0 fully saturated rings. The van der Waals surface area contributed by atoms with Gasteiger partial charge in [0.25, 0.3) is 11.8 Å². The van der Waals surface area contributed by atoms with Gasteiger partial charge in [-0.1, -0.05) is 36.4 Å². The topological polar surface area (TPSA) is 102 Å². The van der Waals surface area contributed by atoms with E-state index >= 15 is 0 Å². The largest absolute Gasteiger partial charge is 0.507 e. The van der Waals surface area contributed by atoms with Gasteiger partial charge >= 0.3 is 5.97 Å². The SMILES string of the molecule is COc1ccccc1C(=O)NC(=O)COC(=O)c1cc2ccccc2cc1O. The summed E-state index contributed by atoms with van der Waals surface area (Å²) in [5.41, 5.74) is 0.111. The first kappa shape index (κ1) is 18.9. The number of benzene rings is 3. The van der Waals surface area contributed by atoms with Crippen LogP contribution in [0.25, 0.3) is 10.8 Å². The molecule has 7 heteroatoms. The molecule has 0 atom stereocenters. The Morgan fingerprint density at radius 2 is 1.57 bits per heavy atom. The number of carbonyl (C=O) groups excluding carboxylic acids is 3. The molecule has 0 aliphatic rings. The minimum atomic E-state index is -0.872. The predicted octanol–water partition coefficient (Wildman–Crippen LogP) is 2.67. The minimum absolute atomic E-state index is 0.0671. The number of carbonyl (C=O) groups is 3. The summed E-state index contributed by atoms with van der Waals surface area (Å²) in [7, 11) is 1.41. The first-order chi connectivity index (χ1) is 13.5. The van der Waals surface area contributed by atoms with Crippen LogP contribution >= 0.6 is 0 Å². The highest BCUT2D eigenvalue weighted by Crippen LogP contribution is 2.25. The molecular weight excluding hydrogens is 362 g/mol. The van der Waals surface area contributed by atoms with Crippen LogP contribution in [-0.4, -0.2) is 36.6 Å².